The van der Waals surface area contributed by atoms with E-state index in [1.807, 2.05) is 4.90 Å². The third kappa shape index (κ3) is 5.97. The fourth-order valence-electron chi connectivity index (χ4n) is 11.3. The Morgan fingerprint density at radius 2 is 1.71 bits per heavy atom. The molecule has 2 aliphatic carbocycles. The highest BCUT2D eigenvalue weighted by atomic mass is 16.6. The van der Waals surface area contributed by atoms with E-state index < -0.39 is 0 Å². The van der Waals surface area contributed by atoms with E-state index in [0.29, 0.717) is 31.1 Å². The van der Waals surface area contributed by atoms with Crippen molar-refractivity contribution in [2.75, 3.05) is 50.8 Å². The molecule has 4 saturated heterocycles. The van der Waals surface area contributed by atoms with Crippen molar-refractivity contribution in [1.29, 1.82) is 0 Å². The second-order valence-corrected chi connectivity index (χ2v) is 17.4. The third-order valence-corrected chi connectivity index (χ3v) is 14.1. The molecule has 6 aliphatic rings. The van der Waals surface area contributed by atoms with Crippen molar-refractivity contribution in [2.24, 2.45) is 17.8 Å². The molecule has 3 aromatic rings. The highest BCUT2D eigenvalue weighted by molar-refractivity contribution is 5.93. The molecule has 51 heavy (non-hydrogen) atoms. The minimum Gasteiger partial charge on any atom is -0.461 e. The lowest BCUT2D eigenvalue weighted by Gasteiger charge is -2.35. The normalized spacial score (nSPS) is 30.2. The number of rotatable bonds is 7. The van der Waals surface area contributed by atoms with Crippen molar-refractivity contribution in [3.63, 3.8) is 0 Å². The van der Waals surface area contributed by atoms with Crippen molar-refractivity contribution >= 4 is 22.8 Å². The summed E-state index contributed by atoms with van der Waals surface area (Å²) < 4.78 is 12.7. The summed E-state index contributed by atoms with van der Waals surface area (Å²) in [7, 11) is 0. The van der Waals surface area contributed by atoms with E-state index in [4.69, 9.17) is 19.4 Å². The summed E-state index contributed by atoms with van der Waals surface area (Å²) in [6.45, 7) is 15.1. The maximum atomic E-state index is 12.7. The number of aromatic nitrogens is 2. The van der Waals surface area contributed by atoms with Crippen LogP contribution >= 0.6 is 0 Å². The summed E-state index contributed by atoms with van der Waals surface area (Å²) >= 11 is 0. The molecule has 2 aromatic carbocycles. The first-order chi connectivity index (χ1) is 24.8. The number of piperidine rings is 1. The molecule has 8 nitrogen and oxygen atoms in total. The van der Waals surface area contributed by atoms with Gasteiger partial charge in [0, 0.05) is 43.5 Å². The summed E-state index contributed by atoms with van der Waals surface area (Å²) in [4.78, 5) is 30.3. The fourth-order valence-corrected chi connectivity index (χ4v) is 11.3. The number of benzene rings is 2. The van der Waals surface area contributed by atoms with Gasteiger partial charge in [0.1, 0.15) is 19.0 Å². The van der Waals surface area contributed by atoms with Crippen LogP contribution in [0.4, 0.5) is 10.6 Å². The van der Waals surface area contributed by atoms with Gasteiger partial charge in [-0.05, 0) is 155 Å². The number of nitrogens with zero attached hydrogens (tertiary/aromatic N) is 5. The molecule has 1 amide bonds. The van der Waals surface area contributed by atoms with Gasteiger partial charge in [0.15, 0.2) is 0 Å². The molecule has 5 heterocycles. The first kappa shape index (κ1) is 33.4. The summed E-state index contributed by atoms with van der Waals surface area (Å²) in [6.07, 6.45) is 12.7. The summed E-state index contributed by atoms with van der Waals surface area (Å²) in [6, 6.07) is 10.2. The maximum absolute atomic E-state index is 12.7. The molecule has 2 bridgehead atoms. The van der Waals surface area contributed by atoms with Crippen molar-refractivity contribution in [3.8, 4) is 6.01 Å². The zero-order valence-corrected chi connectivity index (χ0v) is 31.4. The van der Waals surface area contributed by atoms with Gasteiger partial charge in [-0.3, -0.25) is 4.90 Å². The standard InChI is InChI=1S/C43H57N5O3/c1-27-20-33-11-8-28(2)29(3)38(33)37(21-27)35-12-13-36-39(30(35)4)44-41(45-40(36)47-23-31-9-10-32(22-31)24-47)51-26-43-15-7-19-48(43)34(14-16-43)25-50-42(49)46-17-5-6-18-46/h8,11-13,27,31-32,34,37H,5-7,9-10,14-26H2,1-4H3/t27-,31?,32?,34?,37+,43?/m1/s1. The predicted octanol–water partition coefficient (Wildman–Crippen LogP) is 8.11. The molecular formula is C43H57N5O3. The van der Waals surface area contributed by atoms with Crippen molar-refractivity contribution in [2.45, 2.75) is 116 Å². The van der Waals surface area contributed by atoms with Gasteiger partial charge in [-0.2, -0.15) is 9.97 Å². The Hall–Kier alpha value is -3.39. The molecule has 9 rings (SSSR count). The molecule has 8 heteroatoms. The van der Waals surface area contributed by atoms with Crippen LogP contribution in [0.15, 0.2) is 24.3 Å². The van der Waals surface area contributed by atoms with Gasteiger partial charge in [-0.15, -0.1) is 0 Å². The van der Waals surface area contributed by atoms with Crippen LogP contribution in [0.2, 0.25) is 0 Å². The van der Waals surface area contributed by atoms with E-state index >= 15 is 0 Å². The van der Waals surface area contributed by atoms with Gasteiger partial charge < -0.3 is 19.3 Å². The van der Waals surface area contributed by atoms with Crippen LogP contribution in [-0.4, -0.2) is 83.4 Å². The van der Waals surface area contributed by atoms with Crippen molar-refractivity contribution < 1.29 is 14.3 Å². The second-order valence-electron chi connectivity index (χ2n) is 17.4. The number of anilines is 1. The Kier molecular flexibility index (Phi) is 8.68. The lowest BCUT2D eigenvalue weighted by atomic mass is 9.71. The number of hydrogen-bond donors (Lipinski definition) is 0. The molecule has 5 fully saturated rings. The number of carbonyl (C=O) groups is 1. The van der Waals surface area contributed by atoms with Gasteiger partial charge in [0.2, 0.25) is 0 Å². The second kappa shape index (κ2) is 13.2. The smallest absolute Gasteiger partial charge is 0.409 e. The van der Waals surface area contributed by atoms with E-state index in [9.17, 15) is 4.79 Å². The quantitative estimate of drug-likeness (QED) is 0.248. The van der Waals surface area contributed by atoms with Crippen LogP contribution in [-0.2, 0) is 11.2 Å². The Labute approximate surface area is 304 Å². The van der Waals surface area contributed by atoms with Gasteiger partial charge in [0.25, 0.3) is 0 Å². The number of amides is 1. The van der Waals surface area contributed by atoms with Crippen molar-refractivity contribution in [3.05, 3.63) is 57.6 Å². The van der Waals surface area contributed by atoms with E-state index in [2.05, 4.69) is 61.8 Å². The Balaban J connectivity index is 1.03. The minimum atomic E-state index is -0.144. The molecule has 6 atom stereocenters. The van der Waals surface area contributed by atoms with Gasteiger partial charge in [-0.1, -0.05) is 25.1 Å². The first-order valence-electron chi connectivity index (χ1n) is 20.2. The zero-order valence-electron chi connectivity index (χ0n) is 31.4. The van der Waals surface area contributed by atoms with Crippen LogP contribution < -0.4 is 9.64 Å². The molecule has 0 radical (unpaired) electrons. The highest BCUT2D eigenvalue weighted by Crippen LogP contribution is 2.46. The molecule has 0 N–H and O–H groups in total. The van der Waals surface area contributed by atoms with Crippen LogP contribution in [0.1, 0.15) is 110 Å². The zero-order chi connectivity index (χ0) is 34.9. The number of ether oxygens (including phenoxy) is 2. The highest BCUT2D eigenvalue weighted by Gasteiger charge is 2.50. The van der Waals surface area contributed by atoms with Gasteiger partial charge >= 0.3 is 12.1 Å². The molecular weight excluding hydrogens is 635 g/mol. The molecule has 4 unspecified atom stereocenters. The maximum Gasteiger partial charge on any atom is 0.409 e. The molecule has 0 spiro atoms. The Morgan fingerprint density at radius 3 is 2.51 bits per heavy atom. The van der Waals surface area contributed by atoms with E-state index in [0.717, 1.165) is 113 Å². The topological polar surface area (TPSA) is 71.0 Å². The Morgan fingerprint density at radius 1 is 0.902 bits per heavy atom. The molecule has 272 valence electrons. The largest absolute Gasteiger partial charge is 0.461 e. The average Bonchev–Trinajstić information content (AvgIpc) is 3.94. The van der Waals surface area contributed by atoms with E-state index in [1.165, 1.54) is 52.6 Å². The Bertz CT molecular complexity index is 1810. The number of aryl methyl sites for hydroxylation is 2. The number of carbonyl (C=O) groups excluding carboxylic acids is 1. The van der Waals surface area contributed by atoms with Crippen LogP contribution in [0.5, 0.6) is 6.01 Å². The van der Waals surface area contributed by atoms with Crippen molar-refractivity contribution in [1.82, 2.24) is 19.8 Å². The summed E-state index contributed by atoms with van der Waals surface area (Å²) in [5.41, 5.74) is 9.55. The van der Waals surface area contributed by atoms with Crippen LogP contribution in [0.3, 0.4) is 0 Å². The van der Waals surface area contributed by atoms with E-state index in [-0.39, 0.29) is 17.7 Å². The van der Waals surface area contributed by atoms with Gasteiger partial charge in [-0.25, -0.2) is 4.79 Å². The lowest BCUT2D eigenvalue weighted by Crippen LogP contribution is -2.48. The molecule has 1 aromatic heterocycles. The lowest BCUT2D eigenvalue weighted by molar-refractivity contribution is 0.0463. The molecule has 4 aliphatic heterocycles. The fraction of sp³-hybridized carbons (Fsp3) is 0.651. The van der Waals surface area contributed by atoms with Crippen LogP contribution in [0.25, 0.3) is 10.9 Å². The predicted molar refractivity (Wildman–Crippen MR) is 202 cm³/mol. The number of fused-ring (bicyclic) bond motifs is 5. The SMILES string of the molecule is Cc1ccc2c(c1C)[C@H](c1ccc3c(N4CC5CCC(C5)C4)nc(OCC45CCCN4C(COC(=O)N4CCCC4)CC5)nc3c1C)C[C@H](C)C2. The number of likely N-dealkylation sites (tertiary alicyclic amines) is 1. The summed E-state index contributed by atoms with van der Waals surface area (Å²) in [5.74, 6) is 3.57. The molecule has 1 saturated carbocycles. The summed E-state index contributed by atoms with van der Waals surface area (Å²) in [5, 5.41) is 1.16. The number of hydrogen-bond acceptors (Lipinski definition) is 7. The minimum absolute atomic E-state index is 0.0539. The first-order valence-corrected chi connectivity index (χ1v) is 20.2. The third-order valence-electron chi connectivity index (χ3n) is 14.1. The van der Waals surface area contributed by atoms with Crippen LogP contribution in [0, 0.1) is 38.5 Å². The van der Waals surface area contributed by atoms with Gasteiger partial charge in [0.05, 0.1) is 11.1 Å². The average molecular weight is 692 g/mol. The monoisotopic (exact) mass is 691 g/mol. The van der Waals surface area contributed by atoms with E-state index in [1.54, 1.807) is 0 Å².